The van der Waals surface area contributed by atoms with Crippen molar-refractivity contribution < 1.29 is 4.79 Å². The van der Waals surface area contributed by atoms with E-state index in [0.717, 1.165) is 43.4 Å². The molecule has 0 radical (unpaired) electrons. The molecule has 1 fully saturated rings. The van der Waals surface area contributed by atoms with Crippen molar-refractivity contribution >= 4 is 11.6 Å². The first-order valence-corrected chi connectivity index (χ1v) is 7.31. The molecule has 1 aliphatic rings. The Morgan fingerprint density at radius 3 is 2.95 bits per heavy atom. The Morgan fingerprint density at radius 1 is 1.42 bits per heavy atom. The normalized spacial score (nSPS) is 19.5. The minimum absolute atomic E-state index is 0.156. The number of likely N-dealkylation sites (tertiary alicyclic amines) is 1. The van der Waals surface area contributed by atoms with Gasteiger partial charge in [0, 0.05) is 23.8 Å². The molecule has 1 amide bonds. The predicted octanol–water partition coefficient (Wildman–Crippen LogP) is 3.37. The molecule has 0 spiro atoms. The Bertz CT molecular complexity index is 454. The van der Waals surface area contributed by atoms with Gasteiger partial charge in [0.25, 0.3) is 5.91 Å². The SMILES string of the molecule is CCCC1CCCCN1C(=O)c1cccc(N)c1C. The van der Waals surface area contributed by atoms with E-state index >= 15 is 0 Å². The zero-order chi connectivity index (χ0) is 13.8. The molecule has 1 aliphatic heterocycles. The number of piperidine rings is 1. The predicted molar refractivity (Wildman–Crippen MR) is 79.2 cm³/mol. The van der Waals surface area contributed by atoms with Crippen LogP contribution in [0.3, 0.4) is 0 Å². The summed E-state index contributed by atoms with van der Waals surface area (Å²) in [4.78, 5) is 14.8. The van der Waals surface area contributed by atoms with Crippen molar-refractivity contribution in [3.05, 3.63) is 29.3 Å². The van der Waals surface area contributed by atoms with Crippen molar-refractivity contribution in [2.75, 3.05) is 12.3 Å². The Balaban J connectivity index is 2.23. The van der Waals surface area contributed by atoms with Crippen molar-refractivity contribution in [2.45, 2.75) is 52.0 Å². The number of hydrogen-bond donors (Lipinski definition) is 1. The smallest absolute Gasteiger partial charge is 0.254 e. The Morgan fingerprint density at radius 2 is 2.21 bits per heavy atom. The fourth-order valence-electron chi connectivity index (χ4n) is 2.94. The molecule has 1 aromatic rings. The van der Waals surface area contributed by atoms with Crippen LogP contribution in [-0.4, -0.2) is 23.4 Å². The van der Waals surface area contributed by atoms with Crippen LogP contribution in [0.1, 0.15) is 54.9 Å². The lowest BCUT2D eigenvalue weighted by Crippen LogP contribution is -2.43. The van der Waals surface area contributed by atoms with Crippen LogP contribution in [0.25, 0.3) is 0 Å². The van der Waals surface area contributed by atoms with E-state index in [9.17, 15) is 4.79 Å². The number of nitrogens with two attached hydrogens (primary N) is 1. The molecule has 104 valence electrons. The first-order chi connectivity index (χ1) is 9.15. The minimum Gasteiger partial charge on any atom is -0.398 e. The van der Waals surface area contributed by atoms with Gasteiger partial charge in [-0.05, 0) is 50.3 Å². The molecule has 2 rings (SSSR count). The number of nitrogens with zero attached hydrogens (tertiary/aromatic N) is 1. The summed E-state index contributed by atoms with van der Waals surface area (Å²) in [6.07, 6.45) is 5.73. The second kappa shape index (κ2) is 6.09. The van der Waals surface area contributed by atoms with Gasteiger partial charge in [-0.15, -0.1) is 0 Å². The van der Waals surface area contributed by atoms with Gasteiger partial charge in [-0.1, -0.05) is 19.4 Å². The molecule has 1 unspecified atom stereocenters. The molecular formula is C16H24N2O. The van der Waals surface area contributed by atoms with Crippen molar-refractivity contribution in [3.63, 3.8) is 0 Å². The van der Waals surface area contributed by atoms with Gasteiger partial charge in [0.15, 0.2) is 0 Å². The summed E-state index contributed by atoms with van der Waals surface area (Å²) in [5.74, 6) is 0.156. The van der Waals surface area contributed by atoms with E-state index < -0.39 is 0 Å². The summed E-state index contributed by atoms with van der Waals surface area (Å²) < 4.78 is 0. The largest absolute Gasteiger partial charge is 0.398 e. The molecule has 0 aromatic heterocycles. The van der Waals surface area contributed by atoms with Crippen LogP contribution >= 0.6 is 0 Å². The second-order valence-corrected chi connectivity index (χ2v) is 5.46. The van der Waals surface area contributed by atoms with Gasteiger partial charge in [-0.25, -0.2) is 0 Å². The maximum atomic E-state index is 12.7. The highest BCUT2D eigenvalue weighted by Crippen LogP contribution is 2.25. The standard InChI is InChI=1S/C16H24N2O/c1-3-7-13-8-4-5-11-18(13)16(19)14-9-6-10-15(17)12(14)2/h6,9-10,13H,3-5,7-8,11,17H2,1-2H3. The first kappa shape index (κ1) is 13.9. The Hall–Kier alpha value is -1.51. The van der Waals surface area contributed by atoms with Crippen LogP contribution in [-0.2, 0) is 0 Å². The third kappa shape index (κ3) is 2.91. The quantitative estimate of drug-likeness (QED) is 0.847. The number of rotatable bonds is 3. The number of hydrogen-bond acceptors (Lipinski definition) is 2. The van der Waals surface area contributed by atoms with Crippen LogP contribution in [0.15, 0.2) is 18.2 Å². The lowest BCUT2D eigenvalue weighted by Gasteiger charge is -2.36. The summed E-state index contributed by atoms with van der Waals surface area (Å²) in [5.41, 5.74) is 8.29. The summed E-state index contributed by atoms with van der Waals surface area (Å²) in [6, 6.07) is 6.03. The van der Waals surface area contributed by atoms with Crippen LogP contribution in [0.4, 0.5) is 5.69 Å². The molecule has 19 heavy (non-hydrogen) atoms. The van der Waals surface area contributed by atoms with Crippen molar-refractivity contribution in [1.29, 1.82) is 0 Å². The van der Waals surface area contributed by atoms with E-state index in [0.29, 0.717) is 11.7 Å². The number of nitrogen functional groups attached to an aromatic ring is 1. The van der Waals surface area contributed by atoms with E-state index in [1.807, 2.05) is 25.1 Å². The molecule has 1 atom stereocenters. The fourth-order valence-corrected chi connectivity index (χ4v) is 2.94. The van der Waals surface area contributed by atoms with Crippen LogP contribution in [0.5, 0.6) is 0 Å². The Labute approximate surface area is 115 Å². The van der Waals surface area contributed by atoms with Crippen molar-refractivity contribution in [3.8, 4) is 0 Å². The van der Waals surface area contributed by atoms with E-state index in [-0.39, 0.29) is 5.91 Å². The number of carbonyl (C=O) groups is 1. The highest BCUT2D eigenvalue weighted by molar-refractivity contribution is 5.97. The van der Waals surface area contributed by atoms with Gasteiger partial charge >= 0.3 is 0 Å². The molecule has 2 N–H and O–H groups in total. The summed E-state index contributed by atoms with van der Waals surface area (Å²) >= 11 is 0. The minimum atomic E-state index is 0.156. The van der Waals surface area contributed by atoms with Gasteiger partial charge in [0.05, 0.1) is 0 Å². The van der Waals surface area contributed by atoms with Gasteiger partial charge in [-0.3, -0.25) is 4.79 Å². The lowest BCUT2D eigenvalue weighted by molar-refractivity contribution is 0.0600. The maximum Gasteiger partial charge on any atom is 0.254 e. The zero-order valence-corrected chi connectivity index (χ0v) is 12.0. The first-order valence-electron chi connectivity index (χ1n) is 7.31. The van der Waals surface area contributed by atoms with Crippen molar-refractivity contribution in [2.24, 2.45) is 0 Å². The second-order valence-electron chi connectivity index (χ2n) is 5.46. The molecule has 1 saturated heterocycles. The number of benzene rings is 1. The average Bonchev–Trinajstić information content (AvgIpc) is 2.42. The highest BCUT2D eigenvalue weighted by atomic mass is 16.2. The van der Waals surface area contributed by atoms with E-state index in [1.54, 1.807) is 0 Å². The van der Waals surface area contributed by atoms with E-state index in [1.165, 1.54) is 6.42 Å². The maximum absolute atomic E-state index is 12.7. The molecule has 0 aliphatic carbocycles. The third-order valence-electron chi connectivity index (χ3n) is 4.12. The highest BCUT2D eigenvalue weighted by Gasteiger charge is 2.27. The molecule has 0 bridgehead atoms. The van der Waals surface area contributed by atoms with Gasteiger partial charge in [0.1, 0.15) is 0 Å². The molecule has 3 heteroatoms. The number of carbonyl (C=O) groups excluding carboxylic acids is 1. The molecular weight excluding hydrogens is 236 g/mol. The van der Waals surface area contributed by atoms with E-state index in [2.05, 4.69) is 11.8 Å². The zero-order valence-electron chi connectivity index (χ0n) is 12.0. The summed E-state index contributed by atoms with van der Waals surface area (Å²) in [5, 5.41) is 0. The topological polar surface area (TPSA) is 46.3 Å². The molecule has 1 aromatic carbocycles. The average molecular weight is 260 g/mol. The summed E-state index contributed by atoms with van der Waals surface area (Å²) in [6.45, 7) is 5.00. The molecule has 3 nitrogen and oxygen atoms in total. The van der Waals surface area contributed by atoms with Gasteiger partial charge in [-0.2, -0.15) is 0 Å². The molecule has 1 heterocycles. The van der Waals surface area contributed by atoms with E-state index in [4.69, 9.17) is 5.73 Å². The number of anilines is 1. The van der Waals surface area contributed by atoms with Crippen LogP contribution in [0, 0.1) is 6.92 Å². The number of amides is 1. The van der Waals surface area contributed by atoms with Crippen molar-refractivity contribution in [1.82, 2.24) is 4.90 Å². The summed E-state index contributed by atoms with van der Waals surface area (Å²) in [7, 11) is 0. The monoisotopic (exact) mass is 260 g/mol. The third-order valence-corrected chi connectivity index (χ3v) is 4.12. The van der Waals surface area contributed by atoms with Crippen LogP contribution < -0.4 is 5.73 Å². The molecule has 0 saturated carbocycles. The Kier molecular flexibility index (Phi) is 4.46. The van der Waals surface area contributed by atoms with Gasteiger partial charge < -0.3 is 10.6 Å². The van der Waals surface area contributed by atoms with Gasteiger partial charge in [0.2, 0.25) is 0 Å². The fraction of sp³-hybridized carbons (Fsp3) is 0.562. The lowest BCUT2D eigenvalue weighted by atomic mass is 9.96. The van der Waals surface area contributed by atoms with Crippen LogP contribution in [0.2, 0.25) is 0 Å².